The number of nitrogens with two attached hydrogens (primary N) is 2. The summed E-state index contributed by atoms with van der Waals surface area (Å²) in [5.41, 5.74) is 10.7. The molecular weight excluding hydrogens is 420 g/mol. The fourth-order valence-electron chi connectivity index (χ4n) is 2.82. The molecule has 10 heteroatoms. The summed E-state index contributed by atoms with van der Waals surface area (Å²) in [6.45, 7) is 12.9. The average Bonchev–Trinajstić information content (AvgIpc) is 2.78. The predicted octanol–water partition coefficient (Wildman–Crippen LogP) is 0.859. The summed E-state index contributed by atoms with van der Waals surface area (Å²) < 4.78 is 20.1. The Morgan fingerprint density at radius 1 is 0.531 bits per heavy atom. The molecule has 10 nitrogen and oxygen atoms in total. The van der Waals surface area contributed by atoms with E-state index in [2.05, 4.69) is 26.3 Å². The molecule has 0 rings (SSSR count). The van der Waals surface area contributed by atoms with E-state index in [1.165, 1.54) is 0 Å². The Labute approximate surface area is 187 Å². The van der Waals surface area contributed by atoms with Crippen LogP contribution < -0.4 is 11.5 Å². The van der Waals surface area contributed by atoms with Crippen molar-refractivity contribution in [2.24, 2.45) is 11.5 Å². The van der Waals surface area contributed by atoms with E-state index in [-0.39, 0.29) is 52.1 Å². The van der Waals surface area contributed by atoms with Gasteiger partial charge in [-0.2, -0.15) is 0 Å². The highest BCUT2D eigenvalue weighted by Gasteiger charge is 2.45. The van der Waals surface area contributed by atoms with Crippen LogP contribution in [0, 0.1) is 0 Å². The summed E-state index contributed by atoms with van der Waals surface area (Å²) in [6.07, 6.45) is 4.29. The molecule has 0 saturated heterocycles. The molecule has 32 heavy (non-hydrogen) atoms. The Bertz CT molecular complexity index is 605. The van der Waals surface area contributed by atoms with Gasteiger partial charge < -0.3 is 30.4 Å². The number of hydrogen-bond acceptors (Lipinski definition) is 10. The first-order chi connectivity index (χ1) is 15.1. The molecule has 0 amide bonds. The van der Waals surface area contributed by atoms with Gasteiger partial charge in [0.25, 0.3) is 0 Å². The maximum atomic E-state index is 11.4. The first-order valence-corrected chi connectivity index (χ1v) is 9.82. The summed E-state index contributed by atoms with van der Waals surface area (Å²) >= 11 is 0. The fraction of sp³-hybridized carbons (Fsp3) is 0.455. The molecule has 0 fully saturated rings. The van der Waals surface area contributed by atoms with Gasteiger partial charge in [0, 0.05) is 61.1 Å². The van der Waals surface area contributed by atoms with Crippen LogP contribution in [-0.2, 0) is 38.1 Å². The Kier molecular flexibility index (Phi) is 13.2. The number of carbonyl (C=O) groups is 4. The van der Waals surface area contributed by atoms with E-state index in [0.29, 0.717) is 0 Å². The van der Waals surface area contributed by atoms with Gasteiger partial charge in [-0.05, 0) is 0 Å². The van der Waals surface area contributed by atoms with E-state index < -0.39 is 35.0 Å². The monoisotopic (exact) mass is 452 g/mol. The number of hydrogen-bond donors (Lipinski definition) is 2. The van der Waals surface area contributed by atoms with E-state index in [1.54, 1.807) is 0 Å². The Morgan fingerprint density at radius 3 is 0.875 bits per heavy atom. The molecular formula is C22H32N2O8. The second kappa shape index (κ2) is 14.7. The minimum Gasteiger partial charge on any atom is -0.462 e. The SMILES string of the molecule is C=CC(=O)OCCC(N)(CCOC(=O)C=C)C(N)(CCOC(=O)C=C)CCOC(=O)C=C. The van der Waals surface area contributed by atoms with Crippen molar-refractivity contribution in [2.75, 3.05) is 26.4 Å². The van der Waals surface area contributed by atoms with Crippen molar-refractivity contribution in [1.82, 2.24) is 0 Å². The largest absolute Gasteiger partial charge is 0.462 e. The van der Waals surface area contributed by atoms with E-state index in [4.69, 9.17) is 30.4 Å². The summed E-state index contributed by atoms with van der Waals surface area (Å²) in [4.78, 5) is 45.7. The van der Waals surface area contributed by atoms with Crippen LogP contribution in [0.4, 0.5) is 0 Å². The van der Waals surface area contributed by atoms with Gasteiger partial charge in [0.05, 0.1) is 26.4 Å². The van der Waals surface area contributed by atoms with Gasteiger partial charge in [0.15, 0.2) is 0 Å². The zero-order valence-corrected chi connectivity index (χ0v) is 18.2. The lowest BCUT2D eigenvalue weighted by Crippen LogP contribution is -2.67. The van der Waals surface area contributed by atoms with Crippen LogP contribution in [0.2, 0.25) is 0 Å². The highest BCUT2D eigenvalue weighted by atomic mass is 16.5. The van der Waals surface area contributed by atoms with Gasteiger partial charge in [-0.1, -0.05) is 26.3 Å². The molecule has 0 unspecified atom stereocenters. The van der Waals surface area contributed by atoms with Crippen LogP contribution in [0.3, 0.4) is 0 Å². The zero-order chi connectivity index (χ0) is 24.6. The van der Waals surface area contributed by atoms with Gasteiger partial charge >= 0.3 is 23.9 Å². The maximum Gasteiger partial charge on any atom is 0.330 e. The quantitative estimate of drug-likeness (QED) is 0.184. The van der Waals surface area contributed by atoms with Crippen molar-refractivity contribution in [2.45, 2.75) is 36.8 Å². The van der Waals surface area contributed by atoms with Crippen LogP contribution in [-0.4, -0.2) is 61.4 Å². The lowest BCUT2D eigenvalue weighted by molar-refractivity contribution is -0.142. The van der Waals surface area contributed by atoms with Crippen molar-refractivity contribution in [3.63, 3.8) is 0 Å². The minimum absolute atomic E-state index is 0.0690. The first-order valence-electron chi connectivity index (χ1n) is 9.82. The van der Waals surface area contributed by atoms with Crippen molar-refractivity contribution in [3.05, 3.63) is 50.6 Å². The molecule has 0 aliphatic rings. The third-order valence-corrected chi connectivity index (χ3v) is 4.83. The molecule has 0 saturated carbocycles. The third kappa shape index (κ3) is 10.2. The van der Waals surface area contributed by atoms with E-state index >= 15 is 0 Å². The van der Waals surface area contributed by atoms with Crippen LogP contribution in [0.1, 0.15) is 25.7 Å². The van der Waals surface area contributed by atoms with E-state index in [0.717, 1.165) is 24.3 Å². The molecule has 178 valence electrons. The summed E-state index contributed by atoms with van der Waals surface area (Å²) in [5.74, 6) is -2.58. The standard InChI is InChI=1S/C22H32N2O8/c1-5-17(25)29-13-9-21(23,10-14-30-18(26)6-2)22(24,11-15-31-19(27)7-3)12-16-32-20(28)8-4/h5-8H,1-4,9-16,23-24H2. The topological polar surface area (TPSA) is 157 Å². The fourth-order valence-corrected chi connectivity index (χ4v) is 2.82. The summed E-state index contributed by atoms with van der Waals surface area (Å²) in [7, 11) is 0. The van der Waals surface area contributed by atoms with Crippen molar-refractivity contribution in [3.8, 4) is 0 Å². The molecule has 0 aliphatic carbocycles. The Morgan fingerprint density at radius 2 is 0.719 bits per heavy atom. The molecule has 0 aromatic carbocycles. The lowest BCUT2D eigenvalue weighted by atomic mass is 9.70. The van der Waals surface area contributed by atoms with Gasteiger partial charge in [0.2, 0.25) is 0 Å². The maximum absolute atomic E-state index is 11.4. The average molecular weight is 453 g/mol. The van der Waals surface area contributed by atoms with Gasteiger partial charge in [-0.25, -0.2) is 19.2 Å². The predicted molar refractivity (Wildman–Crippen MR) is 117 cm³/mol. The first kappa shape index (κ1) is 28.8. The van der Waals surface area contributed by atoms with Crippen LogP contribution in [0.15, 0.2) is 50.6 Å². The molecule has 4 N–H and O–H groups in total. The second-order valence-electron chi connectivity index (χ2n) is 6.80. The molecule has 0 aliphatic heterocycles. The highest BCUT2D eigenvalue weighted by molar-refractivity contribution is 5.82. The van der Waals surface area contributed by atoms with E-state index in [9.17, 15) is 19.2 Å². The molecule has 0 heterocycles. The summed E-state index contributed by atoms with van der Waals surface area (Å²) in [6, 6.07) is 0. The Balaban J connectivity index is 5.65. The molecule has 0 bridgehead atoms. The van der Waals surface area contributed by atoms with Crippen molar-refractivity contribution >= 4 is 23.9 Å². The van der Waals surface area contributed by atoms with Crippen LogP contribution in [0.5, 0.6) is 0 Å². The van der Waals surface area contributed by atoms with Gasteiger partial charge in [-0.15, -0.1) is 0 Å². The normalized spacial score (nSPS) is 10.9. The second-order valence-corrected chi connectivity index (χ2v) is 6.80. The minimum atomic E-state index is -1.28. The number of esters is 4. The summed E-state index contributed by atoms with van der Waals surface area (Å²) in [5, 5.41) is 0. The van der Waals surface area contributed by atoms with Crippen LogP contribution >= 0.6 is 0 Å². The smallest absolute Gasteiger partial charge is 0.330 e. The van der Waals surface area contributed by atoms with Gasteiger partial charge in [0.1, 0.15) is 0 Å². The van der Waals surface area contributed by atoms with Crippen molar-refractivity contribution < 1.29 is 38.1 Å². The van der Waals surface area contributed by atoms with Crippen LogP contribution in [0.25, 0.3) is 0 Å². The highest BCUT2D eigenvalue weighted by Crippen LogP contribution is 2.32. The number of ether oxygens (including phenoxy) is 4. The van der Waals surface area contributed by atoms with E-state index in [1.807, 2.05) is 0 Å². The third-order valence-electron chi connectivity index (χ3n) is 4.83. The lowest BCUT2D eigenvalue weighted by Gasteiger charge is -2.46. The Hall–Kier alpha value is -3.24. The molecule has 0 radical (unpaired) electrons. The zero-order valence-electron chi connectivity index (χ0n) is 18.2. The molecule has 0 aromatic rings. The van der Waals surface area contributed by atoms with Gasteiger partial charge in [-0.3, -0.25) is 0 Å². The van der Waals surface area contributed by atoms with Crippen molar-refractivity contribution in [1.29, 1.82) is 0 Å². The number of rotatable bonds is 17. The molecule has 0 atom stereocenters. The number of carbonyl (C=O) groups excluding carboxylic acids is 4. The molecule has 0 spiro atoms. The molecule has 0 aromatic heterocycles.